The van der Waals surface area contributed by atoms with Gasteiger partial charge in [-0.2, -0.15) is 0 Å². The van der Waals surface area contributed by atoms with Crippen molar-refractivity contribution in [2.24, 2.45) is 11.7 Å². The van der Waals surface area contributed by atoms with Crippen LogP contribution in [0, 0.1) is 5.92 Å². The van der Waals surface area contributed by atoms with E-state index in [1.165, 1.54) is 12.1 Å². The number of phenolic OH excluding ortho intramolecular Hbond substituents is 1. The summed E-state index contributed by atoms with van der Waals surface area (Å²) in [5.41, 5.74) is 6.67. The Labute approximate surface area is 202 Å². The van der Waals surface area contributed by atoms with Crippen molar-refractivity contribution in [3.05, 3.63) is 29.8 Å². The predicted molar refractivity (Wildman–Crippen MR) is 123 cm³/mol. The van der Waals surface area contributed by atoms with Crippen molar-refractivity contribution in [2.75, 3.05) is 6.54 Å². The Morgan fingerprint density at radius 1 is 1.06 bits per heavy atom. The molecular weight excluding hydrogens is 460 g/mol. The number of carbonyl (C=O) groups excluding carboxylic acids is 3. The third kappa shape index (κ3) is 7.67. The lowest BCUT2D eigenvalue weighted by molar-refractivity contribution is -0.150. The number of hydrogen-bond acceptors (Lipinski definition) is 7. The van der Waals surface area contributed by atoms with Crippen molar-refractivity contribution in [1.29, 1.82) is 0 Å². The smallest absolute Gasteiger partial charge is 0.326 e. The summed E-state index contributed by atoms with van der Waals surface area (Å²) >= 11 is 0. The summed E-state index contributed by atoms with van der Waals surface area (Å²) in [6.07, 6.45) is 0.0786. The van der Waals surface area contributed by atoms with E-state index in [2.05, 4.69) is 10.6 Å². The van der Waals surface area contributed by atoms with Crippen LogP contribution in [-0.4, -0.2) is 80.6 Å². The second-order valence-electron chi connectivity index (χ2n) is 8.89. The van der Waals surface area contributed by atoms with Gasteiger partial charge in [-0.1, -0.05) is 26.0 Å². The molecule has 0 aromatic heterocycles. The number of amides is 3. The summed E-state index contributed by atoms with van der Waals surface area (Å²) in [7, 11) is 0. The molecule has 1 fully saturated rings. The minimum absolute atomic E-state index is 0.0670. The molecule has 7 N–H and O–H groups in total. The summed E-state index contributed by atoms with van der Waals surface area (Å²) in [4.78, 5) is 62.4. The molecule has 4 unspecified atom stereocenters. The van der Waals surface area contributed by atoms with Gasteiger partial charge in [0.25, 0.3) is 0 Å². The van der Waals surface area contributed by atoms with Crippen LogP contribution in [0.15, 0.2) is 24.3 Å². The van der Waals surface area contributed by atoms with E-state index in [4.69, 9.17) is 5.73 Å². The van der Waals surface area contributed by atoms with Crippen molar-refractivity contribution in [3.63, 3.8) is 0 Å². The number of carbonyl (C=O) groups is 5. The van der Waals surface area contributed by atoms with Crippen LogP contribution in [0.25, 0.3) is 0 Å². The minimum atomic E-state index is -1.50. The van der Waals surface area contributed by atoms with Gasteiger partial charge in [-0.3, -0.25) is 19.2 Å². The highest BCUT2D eigenvalue weighted by Gasteiger charge is 2.39. The Hall–Kier alpha value is -3.67. The number of carboxylic acid groups (broad SMARTS) is 2. The summed E-state index contributed by atoms with van der Waals surface area (Å²) in [6.45, 7) is 3.45. The first-order chi connectivity index (χ1) is 16.4. The van der Waals surface area contributed by atoms with Gasteiger partial charge in [0, 0.05) is 6.54 Å². The van der Waals surface area contributed by atoms with Crippen LogP contribution in [0.3, 0.4) is 0 Å². The van der Waals surface area contributed by atoms with Gasteiger partial charge in [0.15, 0.2) is 0 Å². The zero-order valence-corrected chi connectivity index (χ0v) is 19.6. The van der Waals surface area contributed by atoms with E-state index in [-0.39, 0.29) is 25.1 Å². The summed E-state index contributed by atoms with van der Waals surface area (Å²) in [5.74, 6) is -5.13. The molecule has 1 aliphatic rings. The monoisotopic (exact) mass is 492 g/mol. The number of nitrogens with two attached hydrogens (primary N) is 1. The van der Waals surface area contributed by atoms with E-state index < -0.39 is 66.2 Å². The fraction of sp³-hybridized carbons (Fsp3) is 0.522. The molecule has 0 aliphatic carbocycles. The van der Waals surface area contributed by atoms with E-state index in [1.807, 2.05) is 0 Å². The third-order valence-corrected chi connectivity index (χ3v) is 5.79. The number of carboxylic acids is 2. The van der Waals surface area contributed by atoms with E-state index in [0.29, 0.717) is 12.0 Å². The number of nitrogens with zero attached hydrogens (tertiary/aromatic N) is 1. The Bertz CT molecular complexity index is 949. The number of phenols is 1. The molecule has 1 aromatic carbocycles. The molecule has 0 radical (unpaired) electrons. The predicted octanol–water partition coefficient (Wildman–Crippen LogP) is -0.562. The number of hydrogen-bond donors (Lipinski definition) is 6. The number of aliphatic carboxylic acids is 2. The SMILES string of the molecule is CC(C)C(NC(=O)C(N)Cc1ccc(O)cc1)C(=O)NC(CC(=O)O)C(=O)N1CCCC1C(=O)O. The molecule has 12 nitrogen and oxygen atoms in total. The van der Waals surface area contributed by atoms with Crippen LogP contribution in [0.2, 0.25) is 0 Å². The first-order valence-corrected chi connectivity index (χ1v) is 11.3. The van der Waals surface area contributed by atoms with Gasteiger partial charge >= 0.3 is 11.9 Å². The summed E-state index contributed by atoms with van der Waals surface area (Å²) in [6, 6.07) is 1.42. The fourth-order valence-corrected chi connectivity index (χ4v) is 3.90. The van der Waals surface area contributed by atoms with Gasteiger partial charge in [0.2, 0.25) is 17.7 Å². The van der Waals surface area contributed by atoms with E-state index >= 15 is 0 Å². The second-order valence-corrected chi connectivity index (χ2v) is 8.89. The molecule has 12 heteroatoms. The maximum atomic E-state index is 13.0. The number of nitrogens with one attached hydrogen (secondary N) is 2. The molecule has 0 bridgehead atoms. The molecule has 0 saturated carbocycles. The van der Waals surface area contributed by atoms with Crippen molar-refractivity contribution in [1.82, 2.24) is 15.5 Å². The fourth-order valence-electron chi connectivity index (χ4n) is 3.90. The van der Waals surface area contributed by atoms with E-state index in [1.54, 1.807) is 26.0 Å². The van der Waals surface area contributed by atoms with Crippen LogP contribution < -0.4 is 16.4 Å². The van der Waals surface area contributed by atoms with Crippen LogP contribution in [0.4, 0.5) is 0 Å². The largest absolute Gasteiger partial charge is 0.508 e. The first kappa shape index (κ1) is 27.6. The van der Waals surface area contributed by atoms with Crippen LogP contribution in [0.1, 0.15) is 38.7 Å². The van der Waals surface area contributed by atoms with Crippen molar-refractivity contribution < 1.29 is 39.3 Å². The van der Waals surface area contributed by atoms with Crippen LogP contribution >= 0.6 is 0 Å². The van der Waals surface area contributed by atoms with Crippen molar-refractivity contribution in [3.8, 4) is 5.75 Å². The Kier molecular flexibility index (Phi) is 9.58. The zero-order chi connectivity index (χ0) is 26.3. The minimum Gasteiger partial charge on any atom is -0.508 e. The standard InChI is InChI=1S/C23H32N4O8/c1-12(2)19(26-20(31)15(24)10-13-5-7-14(28)8-6-13)21(32)25-16(11-18(29)30)22(33)27-9-3-4-17(27)23(34)35/h5-8,12,15-17,19,28H,3-4,9-11,24H2,1-2H3,(H,25,32)(H,26,31)(H,29,30)(H,34,35). The Morgan fingerprint density at radius 2 is 1.69 bits per heavy atom. The molecule has 1 aromatic rings. The lowest BCUT2D eigenvalue weighted by Gasteiger charge is -2.29. The highest BCUT2D eigenvalue weighted by atomic mass is 16.4. The van der Waals surface area contributed by atoms with Gasteiger partial charge in [-0.15, -0.1) is 0 Å². The second kappa shape index (κ2) is 12.2. The average Bonchev–Trinajstić information content (AvgIpc) is 3.27. The van der Waals surface area contributed by atoms with Gasteiger partial charge < -0.3 is 36.6 Å². The Morgan fingerprint density at radius 3 is 2.23 bits per heavy atom. The Balaban J connectivity index is 2.10. The normalized spacial score (nSPS) is 17.9. The summed E-state index contributed by atoms with van der Waals surface area (Å²) < 4.78 is 0. The third-order valence-electron chi connectivity index (χ3n) is 5.79. The number of likely N-dealkylation sites (tertiary alicyclic amines) is 1. The molecule has 1 aliphatic heterocycles. The average molecular weight is 493 g/mol. The molecule has 0 spiro atoms. The quantitative estimate of drug-likeness (QED) is 0.234. The van der Waals surface area contributed by atoms with Crippen LogP contribution in [0.5, 0.6) is 5.75 Å². The van der Waals surface area contributed by atoms with Gasteiger partial charge in [-0.25, -0.2) is 4.79 Å². The molecule has 1 heterocycles. The molecule has 3 amide bonds. The van der Waals surface area contributed by atoms with E-state index in [0.717, 1.165) is 4.90 Å². The number of benzene rings is 1. The topological polar surface area (TPSA) is 199 Å². The maximum absolute atomic E-state index is 13.0. The van der Waals surface area contributed by atoms with Crippen LogP contribution in [-0.2, 0) is 30.4 Å². The van der Waals surface area contributed by atoms with Gasteiger partial charge in [-0.05, 0) is 42.9 Å². The molecule has 4 atom stereocenters. The molecule has 192 valence electrons. The highest BCUT2D eigenvalue weighted by molar-refractivity contribution is 5.96. The lowest BCUT2D eigenvalue weighted by atomic mass is 10.0. The molecule has 35 heavy (non-hydrogen) atoms. The maximum Gasteiger partial charge on any atom is 0.326 e. The van der Waals surface area contributed by atoms with Gasteiger partial charge in [0.05, 0.1) is 12.5 Å². The lowest BCUT2D eigenvalue weighted by Crippen LogP contribution is -2.59. The van der Waals surface area contributed by atoms with Gasteiger partial charge in [0.1, 0.15) is 23.9 Å². The first-order valence-electron chi connectivity index (χ1n) is 11.3. The molecule has 2 rings (SSSR count). The zero-order valence-electron chi connectivity index (χ0n) is 19.6. The highest BCUT2D eigenvalue weighted by Crippen LogP contribution is 2.19. The van der Waals surface area contributed by atoms with Crippen molar-refractivity contribution in [2.45, 2.75) is 63.7 Å². The number of aromatic hydroxyl groups is 1. The summed E-state index contributed by atoms with van der Waals surface area (Å²) in [5, 5.41) is 32.9. The molecule has 1 saturated heterocycles. The number of rotatable bonds is 11. The van der Waals surface area contributed by atoms with E-state index in [9.17, 15) is 39.3 Å². The molecular formula is C23H32N4O8. The van der Waals surface area contributed by atoms with Crippen molar-refractivity contribution >= 4 is 29.7 Å².